The fourth-order valence-corrected chi connectivity index (χ4v) is 2.82. The number of halogens is 1. The van der Waals surface area contributed by atoms with E-state index in [-0.39, 0.29) is 12.5 Å². The van der Waals surface area contributed by atoms with Gasteiger partial charge in [-0.3, -0.25) is 9.59 Å². The Morgan fingerprint density at radius 2 is 1.53 bits per heavy atom. The lowest BCUT2D eigenvalue weighted by atomic mass is 10.1. The number of carbonyl (C=O) groups is 3. The van der Waals surface area contributed by atoms with Gasteiger partial charge in [-0.25, -0.2) is 10.2 Å². The molecule has 3 rings (SSSR count). The van der Waals surface area contributed by atoms with E-state index in [9.17, 15) is 14.4 Å². The van der Waals surface area contributed by atoms with Gasteiger partial charge in [-0.15, -0.1) is 0 Å². The van der Waals surface area contributed by atoms with E-state index in [2.05, 4.69) is 31.8 Å². The maximum atomic E-state index is 12.1. The lowest BCUT2D eigenvalue weighted by molar-refractivity contribution is -0.120. The number of nitrogens with one attached hydrogen (secondary N) is 2. The summed E-state index contributed by atoms with van der Waals surface area (Å²) in [5.41, 5.74) is 5.00. The summed E-state index contributed by atoms with van der Waals surface area (Å²) in [5.74, 6) is -0.865. The Morgan fingerprint density at radius 3 is 2.19 bits per heavy atom. The Kier molecular flexibility index (Phi) is 7.88. The molecule has 0 fully saturated rings. The first kappa shape index (κ1) is 22.9. The van der Waals surface area contributed by atoms with Gasteiger partial charge in [0.1, 0.15) is 5.75 Å². The summed E-state index contributed by atoms with van der Waals surface area (Å²) in [6, 6.07) is 20.5. The number of hydrogen-bond acceptors (Lipinski definition) is 5. The van der Waals surface area contributed by atoms with Crippen LogP contribution in [0, 0.1) is 6.92 Å². The first-order valence-corrected chi connectivity index (χ1v) is 10.4. The summed E-state index contributed by atoms with van der Waals surface area (Å²) < 4.78 is 6.20. The van der Waals surface area contributed by atoms with Crippen molar-refractivity contribution in [2.24, 2.45) is 5.10 Å². The van der Waals surface area contributed by atoms with Crippen molar-refractivity contribution in [3.05, 3.63) is 99.5 Å². The average molecular weight is 494 g/mol. The van der Waals surface area contributed by atoms with Crippen LogP contribution in [-0.4, -0.2) is 30.5 Å². The third-order valence-corrected chi connectivity index (χ3v) is 4.83. The molecule has 32 heavy (non-hydrogen) atoms. The molecule has 0 unspecified atom stereocenters. The molecule has 0 aromatic heterocycles. The van der Waals surface area contributed by atoms with Crippen molar-refractivity contribution >= 4 is 39.9 Å². The van der Waals surface area contributed by atoms with E-state index in [0.29, 0.717) is 22.4 Å². The molecule has 0 aliphatic heterocycles. The zero-order valence-corrected chi connectivity index (χ0v) is 18.8. The second-order valence-electron chi connectivity index (χ2n) is 6.81. The van der Waals surface area contributed by atoms with Crippen LogP contribution in [-0.2, 0) is 4.79 Å². The standard InChI is InChI=1S/C24H20BrN3O4/c1-16-2-6-18(7-3-16)23(30)26-15-22(29)28-27-14-17-4-12-21(13-5-17)32-24(31)19-8-10-20(25)11-9-19/h2-14H,15H2,1H3,(H,26,30)(H,28,29)/b27-14-. The molecular formula is C24H20BrN3O4. The minimum absolute atomic E-state index is 0.199. The number of ether oxygens (including phenoxy) is 1. The predicted molar refractivity (Wildman–Crippen MR) is 125 cm³/mol. The Bertz CT molecular complexity index is 1130. The Balaban J connectivity index is 1.44. The van der Waals surface area contributed by atoms with Crippen LogP contribution in [0.3, 0.4) is 0 Å². The zero-order chi connectivity index (χ0) is 22.9. The molecule has 3 aromatic rings. The normalized spacial score (nSPS) is 10.6. The van der Waals surface area contributed by atoms with Crippen molar-refractivity contribution in [3.8, 4) is 5.75 Å². The first-order valence-electron chi connectivity index (χ1n) is 9.65. The predicted octanol–water partition coefficient (Wildman–Crippen LogP) is 3.86. The van der Waals surface area contributed by atoms with Crippen molar-refractivity contribution in [2.75, 3.05) is 6.54 Å². The first-order chi connectivity index (χ1) is 15.4. The molecule has 0 aliphatic carbocycles. The molecule has 162 valence electrons. The van der Waals surface area contributed by atoms with Crippen LogP contribution < -0.4 is 15.5 Å². The fourth-order valence-electron chi connectivity index (χ4n) is 2.56. The lowest BCUT2D eigenvalue weighted by Gasteiger charge is -2.05. The summed E-state index contributed by atoms with van der Waals surface area (Å²) in [5, 5.41) is 6.40. The van der Waals surface area contributed by atoms with E-state index in [4.69, 9.17) is 4.74 Å². The van der Waals surface area contributed by atoms with Crippen LogP contribution >= 0.6 is 15.9 Å². The van der Waals surface area contributed by atoms with Gasteiger partial charge in [0.25, 0.3) is 11.8 Å². The van der Waals surface area contributed by atoms with Crippen LogP contribution in [0.25, 0.3) is 0 Å². The van der Waals surface area contributed by atoms with E-state index in [1.165, 1.54) is 6.21 Å². The third-order valence-electron chi connectivity index (χ3n) is 4.30. The molecule has 3 aromatic carbocycles. The van der Waals surface area contributed by atoms with E-state index in [0.717, 1.165) is 10.0 Å². The minimum atomic E-state index is -0.459. The van der Waals surface area contributed by atoms with Gasteiger partial charge in [-0.1, -0.05) is 33.6 Å². The maximum Gasteiger partial charge on any atom is 0.343 e. The van der Waals surface area contributed by atoms with E-state index < -0.39 is 11.9 Å². The SMILES string of the molecule is Cc1ccc(C(=O)NCC(=O)N/N=C\c2ccc(OC(=O)c3ccc(Br)cc3)cc2)cc1. The summed E-state index contributed by atoms with van der Waals surface area (Å²) in [6.45, 7) is 1.73. The molecule has 2 amide bonds. The number of benzene rings is 3. The number of hydrogen-bond donors (Lipinski definition) is 2. The van der Waals surface area contributed by atoms with Gasteiger partial charge in [-0.2, -0.15) is 5.10 Å². The van der Waals surface area contributed by atoms with E-state index in [1.807, 2.05) is 19.1 Å². The molecule has 0 bridgehead atoms. The molecule has 0 radical (unpaired) electrons. The maximum absolute atomic E-state index is 12.1. The van der Waals surface area contributed by atoms with Crippen molar-refractivity contribution in [1.29, 1.82) is 0 Å². The van der Waals surface area contributed by atoms with E-state index in [1.54, 1.807) is 60.7 Å². The third kappa shape index (κ3) is 6.88. The summed E-state index contributed by atoms with van der Waals surface area (Å²) in [4.78, 5) is 36.0. The zero-order valence-electron chi connectivity index (χ0n) is 17.2. The van der Waals surface area contributed by atoms with Gasteiger partial charge in [0.15, 0.2) is 0 Å². The summed E-state index contributed by atoms with van der Waals surface area (Å²) >= 11 is 3.32. The van der Waals surface area contributed by atoms with Crippen LogP contribution in [0.15, 0.2) is 82.4 Å². The van der Waals surface area contributed by atoms with Crippen molar-refractivity contribution < 1.29 is 19.1 Å². The highest BCUT2D eigenvalue weighted by atomic mass is 79.9. The highest BCUT2D eigenvalue weighted by Gasteiger charge is 2.09. The van der Waals surface area contributed by atoms with Gasteiger partial charge < -0.3 is 10.1 Å². The fraction of sp³-hybridized carbons (Fsp3) is 0.0833. The molecule has 8 heteroatoms. The van der Waals surface area contributed by atoms with Crippen molar-refractivity contribution in [2.45, 2.75) is 6.92 Å². The number of hydrazone groups is 1. The number of nitrogens with zero attached hydrogens (tertiary/aromatic N) is 1. The van der Waals surface area contributed by atoms with Crippen LogP contribution in [0.4, 0.5) is 0 Å². The van der Waals surface area contributed by atoms with Crippen molar-refractivity contribution in [1.82, 2.24) is 10.7 Å². The topological polar surface area (TPSA) is 96.9 Å². The number of carbonyl (C=O) groups excluding carboxylic acids is 3. The van der Waals surface area contributed by atoms with E-state index >= 15 is 0 Å². The Hall–Kier alpha value is -3.78. The number of esters is 1. The van der Waals surface area contributed by atoms with Gasteiger partial charge in [-0.05, 0) is 73.2 Å². The number of aryl methyl sites for hydroxylation is 1. The van der Waals surface area contributed by atoms with Crippen LogP contribution in [0.2, 0.25) is 0 Å². The average Bonchev–Trinajstić information content (AvgIpc) is 2.79. The van der Waals surface area contributed by atoms with Gasteiger partial charge in [0.2, 0.25) is 0 Å². The van der Waals surface area contributed by atoms with Crippen LogP contribution in [0.1, 0.15) is 31.8 Å². The number of rotatable bonds is 7. The van der Waals surface area contributed by atoms with Crippen molar-refractivity contribution in [3.63, 3.8) is 0 Å². The second kappa shape index (κ2) is 11.0. The molecule has 0 atom stereocenters. The smallest absolute Gasteiger partial charge is 0.343 e. The van der Waals surface area contributed by atoms with Gasteiger partial charge in [0, 0.05) is 10.0 Å². The van der Waals surface area contributed by atoms with Crippen LogP contribution in [0.5, 0.6) is 5.75 Å². The molecule has 7 nitrogen and oxygen atoms in total. The molecule has 0 saturated heterocycles. The summed E-state index contributed by atoms with van der Waals surface area (Å²) in [7, 11) is 0. The molecule has 0 saturated carbocycles. The van der Waals surface area contributed by atoms with Gasteiger partial charge in [0.05, 0.1) is 18.3 Å². The largest absolute Gasteiger partial charge is 0.423 e. The highest BCUT2D eigenvalue weighted by molar-refractivity contribution is 9.10. The molecule has 0 heterocycles. The summed E-state index contributed by atoms with van der Waals surface area (Å²) in [6.07, 6.45) is 1.44. The minimum Gasteiger partial charge on any atom is -0.423 e. The second-order valence-corrected chi connectivity index (χ2v) is 7.72. The lowest BCUT2D eigenvalue weighted by Crippen LogP contribution is -2.34. The quantitative estimate of drug-likeness (QED) is 0.226. The molecule has 0 aliphatic rings. The molecule has 0 spiro atoms. The molecular weight excluding hydrogens is 474 g/mol. The number of amides is 2. The molecule has 2 N–H and O–H groups in total. The Labute approximate surface area is 193 Å². The van der Waals surface area contributed by atoms with Gasteiger partial charge >= 0.3 is 5.97 Å². The Morgan fingerprint density at radius 1 is 0.906 bits per heavy atom. The monoisotopic (exact) mass is 493 g/mol. The highest BCUT2D eigenvalue weighted by Crippen LogP contribution is 2.15.